The number of methoxy groups -OCH3 is 1. The Labute approximate surface area is 76.7 Å². The molecule has 1 aromatic carbocycles. The predicted octanol–water partition coefficient (Wildman–Crippen LogP) is 2.15. The van der Waals surface area contributed by atoms with E-state index in [9.17, 15) is 0 Å². The van der Waals surface area contributed by atoms with Crippen molar-refractivity contribution in [2.45, 2.75) is 13.5 Å². The van der Waals surface area contributed by atoms with Crippen LogP contribution < -0.4 is 4.74 Å². The van der Waals surface area contributed by atoms with E-state index in [1.807, 2.05) is 6.92 Å². The summed E-state index contributed by atoms with van der Waals surface area (Å²) in [6, 6.07) is 3.51. The van der Waals surface area contributed by atoms with Gasteiger partial charge >= 0.3 is 0 Å². The molecule has 1 rings (SSSR count). The Morgan fingerprint density at radius 2 is 2.17 bits per heavy atom. The maximum absolute atomic E-state index is 9.02. The molecule has 0 saturated heterocycles. The molecular weight excluding hydrogens is 176 g/mol. The van der Waals surface area contributed by atoms with E-state index in [2.05, 4.69) is 0 Å². The lowest BCUT2D eigenvalue weighted by atomic mass is 10.1. The van der Waals surface area contributed by atoms with Crippen LogP contribution in [0.5, 0.6) is 5.75 Å². The summed E-state index contributed by atoms with van der Waals surface area (Å²) in [6.45, 7) is 1.81. The van der Waals surface area contributed by atoms with Crippen LogP contribution in [0.1, 0.15) is 11.1 Å². The van der Waals surface area contributed by atoms with Gasteiger partial charge in [-0.05, 0) is 24.6 Å². The van der Waals surface area contributed by atoms with Crippen molar-refractivity contribution in [3.8, 4) is 5.75 Å². The van der Waals surface area contributed by atoms with Crippen molar-refractivity contribution in [2.75, 3.05) is 7.11 Å². The van der Waals surface area contributed by atoms with Gasteiger partial charge in [-0.15, -0.1) is 0 Å². The van der Waals surface area contributed by atoms with Gasteiger partial charge in [0.15, 0.2) is 0 Å². The van der Waals surface area contributed by atoms with Crippen LogP contribution in [0.25, 0.3) is 0 Å². The van der Waals surface area contributed by atoms with Crippen molar-refractivity contribution in [2.24, 2.45) is 0 Å². The van der Waals surface area contributed by atoms with Gasteiger partial charge in [0.05, 0.1) is 13.7 Å². The summed E-state index contributed by atoms with van der Waals surface area (Å²) in [5.74, 6) is 0.680. The van der Waals surface area contributed by atoms with Crippen LogP contribution in [-0.4, -0.2) is 12.2 Å². The Bertz CT molecular complexity index is 284. The predicted molar refractivity (Wildman–Crippen MR) is 48.7 cm³/mol. The Morgan fingerprint density at radius 3 is 2.67 bits per heavy atom. The third-order valence-electron chi connectivity index (χ3n) is 1.87. The van der Waals surface area contributed by atoms with E-state index >= 15 is 0 Å². The first-order chi connectivity index (χ1) is 5.70. The van der Waals surface area contributed by atoms with E-state index in [0.29, 0.717) is 10.8 Å². The van der Waals surface area contributed by atoms with Crippen molar-refractivity contribution >= 4 is 11.6 Å². The maximum Gasteiger partial charge on any atom is 0.124 e. The molecule has 0 atom stereocenters. The zero-order chi connectivity index (χ0) is 9.14. The molecule has 0 aliphatic carbocycles. The second-order valence-corrected chi connectivity index (χ2v) is 2.92. The fourth-order valence-electron chi connectivity index (χ4n) is 1.09. The normalized spacial score (nSPS) is 10.0. The Hall–Kier alpha value is -0.730. The summed E-state index contributed by atoms with van der Waals surface area (Å²) < 4.78 is 5.05. The van der Waals surface area contributed by atoms with Gasteiger partial charge in [0.1, 0.15) is 5.75 Å². The molecule has 12 heavy (non-hydrogen) atoms. The van der Waals surface area contributed by atoms with Gasteiger partial charge < -0.3 is 9.84 Å². The number of aliphatic hydroxyl groups excluding tert-OH is 1. The first kappa shape index (κ1) is 9.36. The number of ether oxygens (including phenoxy) is 1. The highest BCUT2D eigenvalue weighted by atomic mass is 35.5. The molecule has 0 unspecified atom stereocenters. The van der Waals surface area contributed by atoms with Crippen LogP contribution in [0.2, 0.25) is 5.02 Å². The lowest BCUT2D eigenvalue weighted by molar-refractivity contribution is 0.273. The molecule has 66 valence electrons. The SMILES string of the molecule is COc1ccc(Cl)c(C)c1CO. The van der Waals surface area contributed by atoms with E-state index in [1.165, 1.54) is 0 Å². The van der Waals surface area contributed by atoms with Gasteiger partial charge in [0, 0.05) is 10.6 Å². The monoisotopic (exact) mass is 186 g/mol. The topological polar surface area (TPSA) is 29.5 Å². The molecule has 3 heteroatoms. The number of hydrogen-bond acceptors (Lipinski definition) is 2. The Kier molecular flexibility index (Phi) is 2.95. The summed E-state index contributed by atoms with van der Waals surface area (Å²) in [6.07, 6.45) is 0. The molecule has 0 aliphatic heterocycles. The summed E-state index contributed by atoms with van der Waals surface area (Å²) in [4.78, 5) is 0. The van der Waals surface area contributed by atoms with Crippen LogP contribution in [0.4, 0.5) is 0 Å². The summed E-state index contributed by atoms with van der Waals surface area (Å²) in [5.41, 5.74) is 1.63. The van der Waals surface area contributed by atoms with E-state index in [1.54, 1.807) is 19.2 Å². The number of halogens is 1. The van der Waals surface area contributed by atoms with Crippen molar-refractivity contribution in [1.82, 2.24) is 0 Å². The molecule has 2 nitrogen and oxygen atoms in total. The molecule has 0 aromatic heterocycles. The number of rotatable bonds is 2. The van der Waals surface area contributed by atoms with Gasteiger partial charge in [0.25, 0.3) is 0 Å². The first-order valence-corrected chi connectivity index (χ1v) is 4.01. The second kappa shape index (κ2) is 3.78. The average molecular weight is 187 g/mol. The number of hydrogen-bond donors (Lipinski definition) is 1. The molecule has 0 saturated carbocycles. The van der Waals surface area contributed by atoms with Crippen LogP contribution in [0, 0.1) is 6.92 Å². The smallest absolute Gasteiger partial charge is 0.124 e. The molecule has 0 heterocycles. The fraction of sp³-hybridized carbons (Fsp3) is 0.333. The van der Waals surface area contributed by atoms with Crippen LogP contribution in [0.15, 0.2) is 12.1 Å². The lowest BCUT2D eigenvalue weighted by Gasteiger charge is -2.09. The van der Waals surface area contributed by atoms with Crippen molar-refractivity contribution in [3.05, 3.63) is 28.3 Å². The van der Waals surface area contributed by atoms with Gasteiger partial charge in [-0.2, -0.15) is 0 Å². The second-order valence-electron chi connectivity index (χ2n) is 2.51. The molecule has 1 aromatic rings. The quantitative estimate of drug-likeness (QED) is 0.767. The van der Waals surface area contributed by atoms with Gasteiger partial charge in [-0.3, -0.25) is 0 Å². The molecule has 0 spiro atoms. The third-order valence-corrected chi connectivity index (χ3v) is 2.28. The summed E-state index contributed by atoms with van der Waals surface area (Å²) in [5, 5.41) is 9.67. The highest BCUT2D eigenvalue weighted by Gasteiger charge is 2.07. The largest absolute Gasteiger partial charge is 0.496 e. The highest BCUT2D eigenvalue weighted by Crippen LogP contribution is 2.27. The third kappa shape index (κ3) is 1.54. The molecule has 1 N–H and O–H groups in total. The molecular formula is C9H11ClO2. The molecule has 0 radical (unpaired) electrons. The molecule has 0 bridgehead atoms. The molecule has 0 aliphatic rings. The van der Waals surface area contributed by atoms with Gasteiger partial charge in [0.2, 0.25) is 0 Å². The van der Waals surface area contributed by atoms with Crippen LogP contribution in [-0.2, 0) is 6.61 Å². The minimum absolute atomic E-state index is 0.0461. The minimum Gasteiger partial charge on any atom is -0.496 e. The van der Waals surface area contributed by atoms with Crippen LogP contribution in [0.3, 0.4) is 0 Å². The van der Waals surface area contributed by atoms with E-state index in [4.69, 9.17) is 21.4 Å². The van der Waals surface area contributed by atoms with E-state index < -0.39 is 0 Å². The number of aliphatic hydroxyl groups is 1. The standard InChI is InChI=1S/C9H11ClO2/c1-6-7(5-11)9(12-2)4-3-8(6)10/h3-4,11H,5H2,1-2H3. The van der Waals surface area contributed by atoms with Crippen molar-refractivity contribution in [3.63, 3.8) is 0 Å². The summed E-state index contributed by atoms with van der Waals surface area (Å²) >= 11 is 5.85. The molecule has 0 fully saturated rings. The highest BCUT2D eigenvalue weighted by molar-refractivity contribution is 6.31. The number of benzene rings is 1. The van der Waals surface area contributed by atoms with Crippen LogP contribution >= 0.6 is 11.6 Å². The van der Waals surface area contributed by atoms with E-state index in [-0.39, 0.29) is 6.61 Å². The minimum atomic E-state index is -0.0461. The zero-order valence-electron chi connectivity index (χ0n) is 7.10. The first-order valence-electron chi connectivity index (χ1n) is 3.63. The van der Waals surface area contributed by atoms with Crippen molar-refractivity contribution in [1.29, 1.82) is 0 Å². The Balaban J connectivity index is 3.25. The van der Waals surface area contributed by atoms with Crippen molar-refractivity contribution < 1.29 is 9.84 Å². The Morgan fingerprint density at radius 1 is 1.50 bits per heavy atom. The van der Waals surface area contributed by atoms with Gasteiger partial charge in [-0.1, -0.05) is 11.6 Å². The average Bonchev–Trinajstić information content (AvgIpc) is 2.09. The maximum atomic E-state index is 9.02. The summed E-state index contributed by atoms with van der Waals surface area (Å²) in [7, 11) is 1.57. The fourth-order valence-corrected chi connectivity index (χ4v) is 1.27. The zero-order valence-corrected chi connectivity index (χ0v) is 7.85. The lowest BCUT2D eigenvalue weighted by Crippen LogP contribution is -1.95. The van der Waals surface area contributed by atoms with E-state index in [0.717, 1.165) is 11.1 Å². The molecule has 0 amide bonds. The van der Waals surface area contributed by atoms with Gasteiger partial charge in [-0.25, -0.2) is 0 Å².